The van der Waals surface area contributed by atoms with Gasteiger partial charge < -0.3 is 9.80 Å². The number of hydrogen-bond donors (Lipinski definition) is 0. The van der Waals surface area contributed by atoms with Crippen molar-refractivity contribution < 1.29 is 0 Å². The SMILES string of the molecule is CC.CN1CCN(c2ccc3cc(-c4ccncc4C#N)ccc3c2)CC1. The number of benzene rings is 2. The second kappa shape index (κ2) is 8.66. The van der Waals surface area contributed by atoms with Crippen LogP contribution in [0.1, 0.15) is 19.4 Å². The van der Waals surface area contributed by atoms with Crippen LogP contribution in [-0.4, -0.2) is 43.1 Å². The second-order valence-electron chi connectivity index (χ2n) is 6.57. The predicted molar refractivity (Wildman–Crippen MR) is 113 cm³/mol. The molecule has 1 aromatic heterocycles. The van der Waals surface area contributed by atoms with E-state index >= 15 is 0 Å². The summed E-state index contributed by atoms with van der Waals surface area (Å²) in [5, 5.41) is 11.7. The van der Waals surface area contributed by atoms with Gasteiger partial charge in [-0.05, 0) is 47.6 Å². The first-order valence-electron chi connectivity index (χ1n) is 9.56. The van der Waals surface area contributed by atoms with Gasteiger partial charge in [0.25, 0.3) is 0 Å². The van der Waals surface area contributed by atoms with Crippen molar-refractivity contribution in [1.82, 2.24) is 9.88 Å². The number of piperazine rings is 1. The molecule has 1 aliphatic rings. The van der Waals surface area contributed by atoms with E-state index in [0.29, 0.717) is 5.56 Å². The highest BCUT2D eigenvalue weighted by molar-refractivity contribution is 5.90. The Bertz CT molecular complexity index is 950. The maximum absolute atomic E-state index is 9.29. The summed E-state index contributed by atoms with van der Waals surface area (Å²) in [5.41, 5.74) is 3.88. The van der Waals surface area contributed by atoms with E-state index in [1.807, 2.05) is 19.9 Å². The maximum atomic E-state index is 9.29. The van der Waals surface area contributed by atoms with Gasteiger partial charge in [0.1, 0.15) is 6.07 Å². The Morgan fingerprint density at radius 2 is 1.63 bits per heavy atom. The van der Waals surface area contributed by atoms with Gasteiger partial charge in [0.2, 0.25) is 0 Å². The largest absolute Gasteiger partial charge is 0.369 e. The minimum Gasteiger partial charge on any atom is -0.369 e. The lowest BCUT2D eigenvalue weighted by atomic mass is 9.98. The van der Waals surface area contributed by atoms with Crippen LogP contribution in [0.5, 0.6) is 0 Å². The molecule has 0 unspecified atom stereocenters. The van der Waals surface area contributed by atoms with Crippen LogP contribution in [0.2, 0.25) is 0 Å². The number of hydrogen-bond acceptors (Lipinski definition) is 4. The van der Waals surface area contributed by atoms with E-state index in [2.05, 4.69) is 64.3 Å². The fraction of sp³-hybridized carbons (Fsp3) is 0.304. The summed E-state index contributed by atoms with van der Waals surface area (Å²) in [7, 11) is 2.17. The zero-order chi connectivity index (χ0) is 19.2. The fourth-order valence-corrected chi connectivity index (χ4v) is 3.40. The number of pyridine rings is 1. The molecule has 1 saturated heterocycles. The fourth-order valence-electron chi connectivity index (χ4n) is 3.40. The van der Waals surface area contributed by atoms with E-state index < -0.39 is 0 Å². The van der Waals surface area contributed by atoms with Gasteiger partial charge in [-0.2, -0.15) is 5.26 Å². The lowest BCUT2D eigenvalue weighted by Crippen LogP contribution is -2.44. The third kappa shape index (κ3) is 4.10. The third-order valence-electron chi connectivity index (χ3n) is 4.94. The topological polar surface area (TPSA) is 43.2 Å². The summed E-state index contributed by atoms with van der Waals surface area (Å²) < 4.78 is 0. The Hall–Kier alpha value is -2.90. The Morgan fingerprint density at radius 1 is 0.926 bits per heavy atom. The van der Waals surface area contributed by atoms with Crippen LogP contribution in [0.3, 0.4) is 0 Å². The minimum atomic E-state index is 0.607. The van der Waals surface area contributed by atoms with Crippen molar-refractivity contribution in [3.8, 4) is 17.2 Å². The predicted octanol–water partition coefficient (Wildman–Crippen LogP) is 4.55. The minimum absolute atomic E-state index is 0.607. The first kappa shape index (κ1) is 18.9. The molecular formula is C23H26N4. The number of aromatic nitrogens is 1. The monoisotopic (exact) mass is 358 g/mol. The Morgan fingerprint density at radius 3 is 2.37 bits per heavy atom. The van der Waals surface area contributed by atoms with Crippen molar-refractivity contribution in [2.45, 2.75) is 13.8 Å². The first-order chi connectivity index (χ1) is 13.2. The summed E-state index contributed by atoms with van der Waals surface area (Å²) in [6.45, 7) is 8.36. The van der Waals surface area contributed by atoms with Crippen LogP contribution in [-0.2, 0) is 0 Å². The van der Waals surface area contributed by atoms with Gasteiger partial charge in [-0.1, -0.05) is 32.0 Å². The van der Waals surface area contributed by atoms with Crippen molar-refractivity contribution in [2.75, 3.05) is 38.1 Å². The van der Waals surface area contributed by atoms with Crippen LogP contribution in [0, 0.1) is 11.3 Å². The van der Waals surface area contributed by atoms with Crippen molar-refractivity contribution >= 4 is 16.5 Å². The molecule has 1 aliphatic heterocycles. The lowest BCUT2D eigenvalue weighted by molar-refractivity contribution is 0.313. The molecule has 4 rings (SSSR count). The molecule has 4 heteroatoms. The molecule has 0 amide bonds. The summed E-state index contributed by atoms with van der Waals surface area (Å²) in [4.78, 5) is 8.86. The Labute approximate surface area is 161 Å². The van der Waals surface area contributed by atoms with Crippen molar-refractivity contribution in [3.05, 3.63) is 60.4 Å². The standard InChI is InChI=1S/C21H20N4.C2H6/c1-24-8-10-25(11-9-24)20-5-4-16-12-18(3-2-17(16)13-20)21-6-7-23-15-19(21)14-22;1-2/h2-7,12-13,15H,8-11H2,1H3;1-2H3. The number of rotatable bonds is 2. The number of nitriles is 1. The van der Waals surface area contributed by atoms with Crippen molar-refractivity contribution in [3.63, 3.8) is 0 Å². The van der Waals surface area contributed by atoms with Crippen LogP contribution < -0.4 is 4.90 Å². The molecule has 0 radical (unpaired) electrons. The lowest BCUT2D eigenvalue weighted by Gasteiger charge is -2.34. The van der Waals surface area contributed by atoms with Gasteiger partial charge in [0.05, 0.1) is 5.56 Å². The molecule has 0 bridgehead atoms. The smallest absolute Gasteiger partial charge is 0.101 e. The van der Waals surface area contributed by atoms with Crippen LogP contribution in [0.15, 0.2) is 54.9 Å². The van der Waals surface area contributed by atoms with Gasteiger partial charge in [-0.25, -0.2) is 0 Å². The third-order valence-corrected chi connectivity index (χ3v) is 4.94. The molecule has 0 N–H and O–H groups in total. The molecule has 3 aromatic rings. The van der Waals surface area contributed by atoms with Crippen LogP contribution >= 0.6 is 0 Å². The van der Waals surface area contributed by atoms with Gasteiger partial charge in [0, 0.05) is 49.8 Å². The van der Waals surface area contributed by atoms with Gasteiger partial charge in [-0.3, -0.25) is 4.98 Å². The first-order valence-corrected chi connectivity index (χ1v) is 9.56. The number of anilines is 1. The van der Waals surface area contributed by atoms with Gasteiger partial charge in [-0.15, -0.1) is 0 Å². The van der Waals surface area contributed by atoms with Gasteiger partial charge in [0.15, 0.2) is 0 Å². The van der Waals surface area contributed by atoms with Crippen LogP contribution in [0.4, 0.5) is 5.69 Å². The van der Waals surface area contributed by atoms with Crippen molar-refractivity contribution in [1.29, 1.82) is 5.26 Å². The quantitative estimate of drug-likeness (QED) is 0.674. The average molecular weight is 358 g/mol. The summed E-state index contributed by atoms with van der Waals surface area (Å²) in [5.74, 6) is 0. The molecule has 2 aromatic carbocycles. The maximum Gasteiger partial charge on any atom is 0.101 e. The number of likely N-dealkylation sites (N-methyl/N-ethyl adjacent to an activating group) is 1. The molecule has 1 fully saturated rings. The molecule has 0 spiro atoms. The molecular weight excluding hydrogens is 332 g/mol. The molecule has 2 heterocycles. The number of nitrogens with zero attached hydrogens (tertiary/aromatic N) is 4. The van der Waals surface area contributed by atoms with E-state index in [-0.39, 0.29) is 0 Å². The average Bonchev–Trinajstić information content (AvgIpc) is 2.75. The zero-order valence-electron chi connectivity index (χ0n) is 16.3. The second-order valence-corrected chi connectivity index (χ2v) is 6.57. The molecule has 0 atom stereocenters. The highest BCUT2D eigenvalue weighted by atomic mass is 15.2. The van der Waals surface area contributed by atoms with Crippen molar-refractivity contribution in [2.24, 2.45) is 0 Å². The van der Waals surface area contributed by atoms with E-state index in [0.717, 1.165) is 37.3 Å². The molecule has 4 nitrogen and oxygen atoms in total. The Balaban J connectivity index is 0.00000102. The normalized spacial score (nSPS) is 14.4. The Kier molecular flexibility index (Phi) is 6.05. The number of fused-ring (bicyclic) bond motifs is 1. The van der Waals surface area contributed by atoms with E-state index in [1.54, 1.807) is 12.4 Å². The zero-order valence-corrected chi connectivity index (χ0v) is 16.3. The summed E-state index contributed by atoms with van der Waals surface area (Å²) in [6, 6.07) is 17.2. The molecule has 0 saturated carbocycles. The van der Waals surface area contributed by atoms with E-state index in [4.69, 9.17) is 0 Å². The molecule has 0 aliphatic carbocycles. The summed E-state index contributed by atoms with van der Waals surface area (Å²) >= 11 is 0. The van der Waals surface area contributed by atoms with E-state index in [1.165, 1.54) is 16.5 Å². The van der Waals surface area contributed by atoms with Gasteiger partial charge >= 0.3 is 0 Å². The summed E-state index contributed by atoms with van der Waals surface area (Å²) in [6.07, 6.45) is 3.35. The molecule has 138 valence electrons. The highest BCUT2D eigenvalue weighted by Crippen LogP contribution is 2.29. The van der Waals surface area contributed by atoms with Crippen LogP contribution in [0.25, 0.3) is 21.9 Å². The van der Waals surface area contributed by atoms with E-state index in [9.17, 15) is 5.26 Å². The highest BCUT2D eigenvalue weighted by Gasteiger charge is 2.14. The molecule has 27 heavy (non-hydrogen) atoms.